The first kappa shape index (κ1) is 10.7. The Labute approximate surface area is 79.5 Å². The lowest BCUT2D eigenvalue weighted by molar-refractivity contribution is 0.395. The molecule has 0 saturated carbocycles. The second-order valence-electron chi connectivity index (χ2n) is 3.21. The summed E-state index contributed by atoms with van der Waals surface area (Å²) in [6, 6.07) is 0.00458. The van der Waals surface area contributed by atoms with Crippen LogP contribution in [0.4, 0.5) is 0 Å². The third kappa shape index (κ3) is 2.30. The van der Waals surface area contributed by atoms with Crippen molar-refractivity contribution in [1.29, 1.82) is 0 Å². The number of nitrogens with two attached hydrogens (primary N) is 1. The number of sulfonamides is 1. The molecule has 1 fully saturated rings. The monoisotopic (exact) mass is 204 g/mol. The Morgan fingerprint density at radius 3 is 2.85 bits per heavy atom. The number of hydrogen-bond acceptors (Lipinski definition) is 3. The molecule has 0 spiro atoms. The quantitative estimate of drug-likeness (QED) is 0.652. The zero-order valence-electron chi connectivity index (χ0n) is 7.65. The Bertz CT molecular complexity index is 274. The van der Waals surface area contributed by atoms with Crippen LogP contribution in [-0.4, -0.2) is 37.6 Å². The lowest BCUT2D eigenvalue weighted by atomic mass is 10.2. The lowest BCUT2D eigenvalue weighted by Crippen LogP contribution is -2.40. The van der Waals surface area contributed by atoms with E-state index in [0.29, 0.717) is 13.1 Å². The summed E-state index contributed by atoms with van der Waals surface area (Å²) >= 11 is 0. The first-order valence-electron chi connectivity index (χ1n) is 4.42. The highest BCUT2D eigenvalue weighted by molar-refractivity contribution is 7.89. The lowest BCUT2D eigenvalue weighted by Gasteiger charge is -2.21. The van der Waals surface area contributed by atoms with Crippen molar-refractivity contribution in [3.63, 3.8) is 0 Å². The van der Waals surface area contributed by atoms with Gasteiger partial charge in [0.1, 0.15) is 0 Å². The fourth-order valence-electron chi connectivity index (χ4n) is 1.66. The molecule has 1 aliphatic heterocycles. The van der Waals surface area contributed by atoms with Crippen LogP contribution in [0, 0.1) is 0 Å². The number of nitrogens with zero attached hydrogens (tertiary/aromatic N) is 1. The molecule has 1 aliphatic rings. The molecule has 0 aromatic heterocycles. The van der Waals surface area contributed by atoms with Crippen LogP contribution < -0.4 is 5.73 Å². The molecule has 1 rings (SSSR count). The van der Waals surface area contributed by atoms with Crippen LogP contribution >= 0.6 is 0 Å². The SMILES string of the molecule is C=CCS(=O)(=O)N1CCCC1CN. The number of hydrogen-bond donors (Lipinski definition) is 1. The van der Waals surface area contributed by atoms with E-state index in [4.69, 9.17) is 5.73 Å². The minimum absolute atomic E-state index is 0.00458. The van der Waals surface area contributed by atoms with Crippen molar-refractivity contribution < 1.29 is 8.42 Å². The molecule has 0 radical (unpaired) electrons. The van der Waals surface area contributed by atoms with Crippen LogP contribution in [0.25, 0.3) is 0 Å². The zero-order valence-corrected chi connectivity index (χ0v) is 8.46. The fourth-order valence-corrected chi connectivity index (χ4v) is 3.20. The van der Waals surface area contributed by atoms with Crippen LogP contribution in [0.15, 0.2) is 12.7 Å². The predicted octanol–water partition coefficient (Wildman–Crippen LogP) is -0.0747. The second kappa shape index (κ2) is 4.21. The average molecular weight is 204 g/mol. The van der Waals surface area contributed by atoms with Crippen LogP contribution in [-0.2, 0) is 10.0 Å². The van der Waals surface area contributed by atoms with Gasteiger partial charge in [-0.2, -0.15) is 4.31 Å². The van der Waals surface area contributed by atoms with Gasteiger partial charge in [0.05, 0.1) is 5.75 Å². The molecule has 0 aromatic rings. The van der Waals surface area contributed by atoms with Gasteiger partial charge in [0.15, 0.2) is 0 Å². The molecule has 0 bridgehead atoms. The molecule has 13 heavy (non-hydrogen) atoms. The molecule has 0 aliphatic carbocycles. The largest absolute Gasteiger partial charge is 0.329 e. The van der Waals surface area contributed by atoms with Crippen molar-refractivity contribution in [2.75, 3.05) is 18.8 Å². The molecule has 0 amide bonds. The van der Waals surface area contributed by atoms with Gasteiger partial charge in [-0.05, 0) is 12.8 Å². The van der Waals surface area contributed by atoms with Crippen LogP contribution in [0.2, 0.25) is 0 Å². The van der Waals surface area contributed by atoms with Crippen LogP contribution in [0.1, 0.15) is 12.8 Å². The Morgan fingerprint density at radius 1 is 1.62 bits per heavy atom. The van der Waals surface area contributed by atoms with Crippen molar-refractivity contribution in [2.45, 2.75) is 18.9 Å². The van der Waals surface area contributed by atoms with E-state index >= 15 is 0 Å². The maximum absolute atomic E-state index is 11.6. The van der Waals surface area contributed by atoms with Gasteiger partial charge in [-0.15, -0.1) is 6.58 Å². The Morgan fingerprint density at radius 2 is 2.31 bits per heavy atom. The van der Waals surface area contributed by atoms with E-state index in [9.17, 15) is 8.42 Å². The maximum atomic E-state index is 11.6. The molecular formula is C8H16N2O2S. The maximum Gasteiger partial charge on any atom is 0.217 e. The van der Waals surface area contributed by atoms with Gasteiger partial charge in [-0.25, -0.2) is 8.42 Å². The standard InChI is InChI=1S/C8H16N2O2S/c1-2-6-13(11,12)10-5-3-4-8(10)7-9/h2,8H,1,3-7,9H2. The molecule has 0 aromatic carbocycles. The first-order chi connectivity index (χ1) is 6.11. The van der Waals surface area contributed by atoms with Gasteiger partial charge >= 0.3 is 0 Å². The summed E-state index contributed by atoms with van der Waals surface area (Å²) in [7, 11) is -3.14. The van der Waals surface area contributed by atoms with Gasteiger partial charge in [0.2, 0.25) is 10.0 Å². The fraction of sp³-hybridized carbons (Fsp3) is 0.750. The van der Waals surface area contributed by atoms with E-state index < -0.39 is 10.0 Å². The summed E-state index contributed by atoms with van der Waals surface area (Å²) in [6.45, 7) is 4.45. The average Bonchev–Trinajstić information content (AvgIpc) is 2.51. The van der Waals surface area contributed by atoms with E-state index in [1.54, 1.807) is 0 Å². The van der Waals surface area contributed by atoms with Crippen LogP contribution in [0.5, 0.6) is 0 Å². The summed E-state index contributed by atoms with van der Waals surface area (Å²) in [4.78, 5) is 0. The predicted molar refractivity (Wildman–Crippen MR) is 52.8 cm³/mol. The second-order valence-corrected chi connectivity index (χ2v) is 5.18. The summed E-state index contributed by atoms with van der Waals surface area (Å²) in [6.07, 6.45) is 3.21. The third-order valence-electron chi connectivity index (χ3n) is 2.28. The van der Waals surface area contributed by atoms with Gasteiger partial charge in [0, 0.05) is 19.1 Å². The van der Waals surface area contributed by atoms with Crippen molar-refractivity contribution >= 4 is 10.0 Å². The molecule has 1 atom stereocenters. The van der Waals surface area contributed by atoms with Crippen molar-refractivity contribution in [3.8, 4) is 0 Å². The third-order valence-corrected chi connectivity index (χ3v) is 4.13. The van der Waals surface area contributed by atoms with E-state index in [2.05, 4.69) is 6.58 Å². The van der Waals surface area contributed by atoms with Gasteiger partial charge in [0.25, 0.3) is 0 Å². The number of rotatable bonds is 4. The van der Waals surface area contributed by atoms with Gasteiger partial charge < -0.3 is 5.73 Å². The van der Waals surface area contributed by atoms with Crippen LogP contribution in [0.3, 0.4) is 0 Å². The Kier molecular flexibility index (Phi) is 3.47. The minimum atomic E-state index is -3.14. The Hall–Kier alpha value is -0.390. The highest BCUT2D eigenvalue weighted by Crippen LogP contribution is 2.20. The molecule has 76 valence electrons. The van der Waals surface area contributed by atoms with E-state index in [1.807, 2.05) is 0 Å². The summed E-state index contributed by atoms with van der Waals surface area (Å²) in [5, 5.41) is 0. The first-order valence-corrected chi connectivity index (χ1v) is 6.03. The van der Waals surface area contributed by atoms with E-state index in [-0.39, 0.29) is 11.8 Å². The highest BCUT2D eigenvalue weighted by Gasteiger charge is 2.31. The van der Waals surface area contributed by atoms with Crippen molar-refractivity contribution in [1.82, 2.24) is 4.31 Å². The smallest absolute Gasteiger partial charge is 0.217 e. The van der Waals surface area contributed by atoms with E-state index in [1.165, 1.54) is 10.4 Å². The molecular weight excluding hydrogens is 188 g/mol. The summed E-state index contributed by atoms with van der Waals surface area (Å²) in [5.41, 5.74) is 5.49. The molecule has 5 heteroatoms. The van der Waals surface area contributed by atoms with Gasteiger partial charge in [-0.3, -0.25) is 0 Å². The van der Waals surface area contributed by atoms with E-state index in [0.717, 1.165) is 12.8 Å². The van der Waals surface area contributed by atoms with Crippen molar-refractivity contribution in [3.05, 3.63) is 12.7 Å². The van der Waals surface area contributed by atoms with Gasteiger partial charge in [-0.1, -0.05) is 6.08 Å². The minimum Gasteiger partial charge on any atom is -0.329 e. The topological polar surface area (TPSA) is 63.4 Å². The normalized spacial score (nSPS) is 24.8. The molecule has 1 heterocycles. The summed E-state index contributed by atoms with van der Waals surface area (Å²) in [5.74, 6) is 0.0174. The summed E-state index contributed by atoms with van der Waals surface area (Å²) < 4.78 is 24.7. The molecule has 1 unspecified atom stereocenters. The van der Waals surface area contributed by atoms with Crippen molar-refractivity contribution in [2.24, 2.45) is 5.73 Å². The molecule has 4 nitrogen and oxygen atoms in total. The Balaban J connectivity index is 2.75. The molecule has 1 saturated heterocycles. The molecule has 2 N–H and O–H groups in total. The zero-order chi connectivity index (χ0) is 9.90. The highest BCUT2D eigenvalue weighted by atomic mass is 32.2.